The summed E-state index contributed by atoms with van der Waals surface area (Å²) >= 11 is 5.58. The van der Waals surface area contributed by atoms with Crippen LogP contribution in [-0.4, -0.2) is 18.3 Å². The molecule has 2 nitrogen and oxygen atoms in total. The molecule has 0 amide bonds. The molecule has 0 radical (unpaired) electrons. The number of benzene rings is 2. The highest BCUT2D eigenvalue weighted by Gasteiger charge is 2.19. The monoisotopic (exact) mass is 302 g/mol. The summed E-state index contributed by atoms with van der Waals surface area (Å²) in [5.74, 6) is 1.24. The Labute approximate surface area is 130 Å². The summed E-state index contributed by atoms with van der Waals surface area (Å²) in [5.41, 5.74) is 1.77. The Kier molecular flexibility index (Phi) is 5.82. The molecule has 2 rings (SSSR count). The molecule has 21 heavy (non-hydrogen) atoms. The summed E-state index contributed by atoms with van der Waals surface area (Å²) in [6.45, 7) is 2.50. The largest absolute Gasteiger partial charge is 0.492 e. The van der Waals surface area contributed by atoms with Crippen molar-refractivity contribution in [3.8, 4) is 5.75 Å². The van der Waals surface area contributed by atoms with E-state index in [9.17, 15) is 4.79 Å². The van der Waals surface area contributed by atoms with Crippen molar-refractivity contribution >= 4 is 17.4 Å². The van der Waals surface area contributed by atoms with Crippen LogP contribution < -0.4 is 4.74 Å². The highest BCUT2D eigenvalue weighted by Crippen LogP contribution is 2.25. The van der Waals surface area contributed by atoms with Crippen LogP contribution in [0.5, 0.6) is 5.75 Å². The van der Waals surface area contributed by atoms with Crippen molar-refractivity contribution < 1.29 is 9.53 Å². The van der Waals surface area contributed by atoms with Crippen LogP contribution in [0.2, 0.25) is 0 Å². The Morgan fingerprint density at radius 2 is 1.76 bits per heavy atom. The van der Waals surface area contributed by atoms with Gasteiger partial charge in [0.2, 0.25) is 0 Å². The third kappa shape index (κ3) is 4.08. The van der Waals surface area contributed by atoms with Crippen molar-refractivity contribution in [1.29, 1.82) is 0 Å². The van der Waals surface area contributed by atoms with Crippen molar-refractivity contribution in [3.63, 3.8) is 0 Å². The van der Waals surface area contributed by atoms with Crippen LogP contribution in [0.3, 0.4) is 0 Å². The fraction of sp³-hybridized carbons (Fsp3) is 0.278. The average molecular weight is 303 g/mol. The van der Waals surface area contributed by atoms with Gasteiger partial charge in [-0.1, -0.05) is 37.3 Å². The van der Waals surface area contributed by atoms with Gasteiger partial charge in [0, 0.05) is 11.5 Å². The number of hydrogen-bond acceptors (Lipinski definition) is 2. The zero-order valence-corrected chi connectivity index (χ0v) is 12.8. The van der Waals surface area contributed by atoms with E-state index >= 15 is 0 Å². The molecule has 1 unspecified atom stereocenters. The van der Waals surface area contributed by atoms with E-state index in [1.165, 1.54) is 0 Å². The van der Waals surface area contributed by atoms with E-state index in [-0.39, 0.29) is 11.7 Å². The smallest absolute Gasteiger partial charge is 0.170 e. The Hall–Kier alpha value is -1.80. The summed E-state index contributed by atoms with van der Waals surface area (Å²) in [5, 5.41) is 0. The van der Waals surface area contributed by atoms with Crippen LogP contribution >= 0.6 is 11.6 Å². The molecule has 0 fully saturated rings. The van der Waals surface area contributed by atoms with Gasteiger partial charge in [0.25, 0.3) is 0 Å². The first-order chi connectivity index (χ1) is 10.3. The highest BCUT2D eigenvalue weighted by molar-refractivity contribution is 6.18. The van der Waals surface area contributed by atoms with E-state index in [0.717, 1.165) is 17.7 Å². The Morgan fingerprint density at radius 1 is 1.10 bits per heavy atom. The molecule has 2 aromatic carbocycles. The number of carbonyl (C=O) groups excluding carboxylic acids is 1. The lowest BCUT2D eigenvalue weighted by Gasteiger charge is -2.14. The van der Waals surface area contributed by atoms with Gasteiger partial charge in [-0.3, -0.25) is 4.79 Å². The Balaban J connectivity index is 2.14. The van der Waals surface area contributed by atoms with E-state index in [4.69, 9.17) is 16.3 Å². The quantitative estimate of drug-likeness (QED) is 0.548. The van der Waals surface area contributed by atoms with Gasteiger partial charge in [0.1, 0.15) is 12.4 Å². The number of ether oxygens (including phenoxy) is 1. The number of ketones is 1. The number of halogens is 1. The van der Waals surface area contributed by atoms with Crippen molar-refractivity contribution in [3.05, 3.63) is 65.7 Å². The minimum Gasteiger partial charge on any atom is -0.492 e. The van der Waals surface area contributed by atoms with Gasteiger partial charge in [0.15, 0.2) is 5.78 Å². The maximum absolute atomic E-state index is 12.6. The predicted molar refractivity (Wildman–Crippen MR) is 86.5 cm³/mol. The molecule has 0 heterocycles. The van der Waals surface area contributed by atoms with Gasteiger partial charge >= 0.3 is 0 Å². The highest BCUT2D eigenvalue weighted by atomic mass is 35.5. The summed E-state index contributed by atoms with van der Waals surface area (Å²) in [6.07, 6.45) is 0.785. The van der Waals surface area contributed by atoms with E-state index in [0.29, 0.717) is 18.1 Å². The second-order valence-corrected chi connectivity index (χ2v) is 5.18. The zero-order valence-electron chi connectivity index (χ0n) is 12.1. The van der Waals surface area contributed by atoms with Crippen LogP contribution in [0.15, 0.2) is 54.6 Å². The third-order valence-electron chi connectivity index (χ3n) is 3.41. The van der Waals surface area contributed by atoms with Gasteiger partial charge in [-0.05, 0) is 36.2 Å². The first kappa shape index (κ1) is 15.6. The molecule has 3 heteroatoms. The summed E-state index contributed by atoms with van der Waals surface area (Å²) in [6, 6.07) is 17.2. The molecule has 0 aliphatic carbocycles. The van der Waals surface area contributed by atoms with Gasteiger partial charge < -0.3 is 4.74 Å². The molecule has 0 bridgehead atoms. The minimum absolute atomic E-state index is 0.0965. The first-order valence-electron chi connectivity index (χ1n) is 7.14. The minimum atomic E-state index is -0.0965. The third-order valence-corrected chi connectivity index (χ3v) is 3.57. The molecule has 0 spiro atoms. The van der Waals surface area contributed by atoms with E-state index in [1.54, 1.807) is 0 Å². The molecule has 0 aromatic heterocycles. The lowest BCUT2D eigenvalue weighted by molar-refractivity contribution is 0.0957. The maximum Gasteiger partial charge on any atom is 0.170 e. The van der Waals surface area contributed by atoms with Crippen molar-refractivity contribution in [2.75, 3.05) is 12.5 Å². The molecule has 110 valence electrons. The molecule has 0 N–H and O–H groups in total. The maximum atomic E-state index is 12.6. The van der Waals surface area contributed by atoms with Crippen LogP contribution in [0, 0.1) is 0 Å². The van der Waals surface area contributed by atoms with Gasteiger partial charge in [-0.25, -0.2) is 0 Å². The molecule has 0 saturated heterocycles. The number of hydrogen-bond donors (Lipinski definition) is 0. The Morgan fingerprint density at radius 3 is 2.33 bits per heavy atom. The Bertz CT molecular complexity index is 564. The number of alkyl halides is 1. The van der Waals surface area contributed by atoms with Gasteiger partial charge in [-0.15, -0.1) is 11.6 Å². The molecule has 2 aromatic rings. The summed E-state index contributed by atoms with van der Waals surface area (Å²) < 4.78 is 5.42. The lowest BCUT2D eigenvalue weighted by Crippen LogP contribution is -2.12. The van der Waals surface area contributed by atoms with E-state index < -0.39 is 0 Å². The number of carbonyl (C=O) groups is 1. The molecule has 0 aliphatic heterocycles. The van der Waals surface area contributed by atoms with Gasteiger partial charge in [0.05, 0.1) is 5.88 Å². The standard InChI is InChI=1S/C18H19ClO2/c1-2-17(14-6-4-3-5-7-14)18(20)15-8-10-16(11-9-15)21-13-12-19/h3-11,17H,2,12-13H2,1H3. The van der Waals surface area contributed by atoms with Crippen LogP contribution in [-0.2, 0) is 0 Å². The van der Waals surface area contributed by atoms with E-state index in [1.807, 2.05) is 61.5 Å². The van der Waals surface area contributed by atoms with Gasteiger partial charge in [-0.2, -0.15) is 0 Å². The van der Waals surface area contributed by atoms with Crippen LogP contribution in [0.1, 0.15) is 35.2 Å². The van der Waals surface area contributed by atoms with E-state index in [2.05, 4.69) is 0 Å². The van der Waals surface area contributed by atoms with Crippen molar-refractivity contribution in [2.24, 2.45) is 0 Å². The van der Waals surface area contributed by atoms with Crippen molar-refractivity contribution in [1.82, 2.24) is 0 Å². The topological polar surface area (TPSA) is 26.3 Å². The fourth-order valence-corrected chi connectivity index (χ4v) is 2.41. The number of Topliss-reactive ketones (excluding diaryl/α,β-unsaturated/α-hetero) is 1. The fourth-order valence-electron chi connectivity index (χ4n) is 2.33. The SMILES string of the molecule is CCC(C(=O)c1ccc(OCCCl)cc1)c1ccccc1. The van der Waals surface area contributed by atoms with Crippen LogP contribution in [0.25, 0.3) is 0 Å². The summed E-state index contributed by atoms with van der Waals surface area (Å²) in [7, 11) is 0. The average Bonchev–Trinajstić information content (AvgIpc) is 2.55. The molecule has 0 saturated carbocycles. The molecular weight excluding hydrogens is 284 g/mol. The number of rotatable bonds is 7. The second kappa shape index (κ2) is 7.84. The van der Waals surface area contributed by atoms with Crippen molar-refractivity contribution in [2.45, 2.75) is 19.3 Å². The van der Waals surface area contributed by atoms with Crippen LogP contribution in [0.4, 0.5) is 0 Å². The molecule has 0 aliphatic rings. The molecule has 1 atom stereocenters. The molecular formula is C18H19ClO2. The normalized spacial score (nSPS) is 11.9. The zero-order chi connectivity index (χ0) is 15.1. The summed E-state index contributed by atoms with van der Waals surface area (Å²) in [4.78, 5) is 12.6. The lowest BCUT2D eigenvalue weighted by atomic mass is 9.89. The first-order valence-corrected chi connectivity index (χ1v) is 7.67. The second-order valence-electron chi connectivity index (χ2n) is 4.80. The predicted octanol–water partition coefficient (Wildman–Crippen LogP) is 4.68.